The molecule has 10 heteroatoms. The molecule has 0 atom stereocenters. The van der Waals surface area contributed by atoms with Crippen molar-refractivity contribution in [3.8, 4) is 44.8 Å². The van der Waals surface area contributed by atoms with Crippen molar-refractivity contribution in [1.82, 2.24) is 9.97 Å². The van der Waals surface area contributed by atoms with Crippen LogP contribution in [0.5, 0.6) is 0 Å². The normalized spacial score (nSPS) is 10.7. The van der Waals surface area contributed by atoms with Gasteiger partial charge in [0, 0.05) is 74.8 Å². The van der Waals surface area contributed by atoms with Crippen molar-refractivity contribution >= 4 is 33.4 Å². The van der Waals surface area contributed by atoms with Gasteiger partial charge in [0.15, 0.2) is 11.6 Å². The molecule has 8 rings (SSSR count). The minimum absolute atomic E-state index is 0. The van der Waals surface area contributed by atoms with Gasteiger partial charge in [-0.25, -0.2) is 0 Å². The van der Waals surface area contributed by atoms with Gasteiger partial charge in [0.05, 0.1) is 22.6 Å². The van der Waals surface area contributed by atoms with Gasteiger partial charge in [0.1, 0.15) is 0 Å². The van der Waals surface area contributed by atoms with Crippen LogP contribution in [0.15, 0.2) is 175 Å². The van der Waals surface area contributed by atoms with E-state index in [1.807, 2.05) is 84.9 Å². The number of rotatable bonds is 6. The van der Waals surface area contributed by atoms with E-state index in [9.17, 15) is 18.4 Å². The standard InChI is InChI=1S/C22H16N.C21H12F2N.2C5H8O2.2Ir/c1-16-9-5-6-12-18(16)22-15-20(17-10-3-2-4-11-17)19-13-7-8-14-21(19)23-22;22-15-10-11-17(19(23)12-15)21-13-18(14-6-2-1-3-7-14)16-8-4-5-9-20(16)24-21;2*1-4(6)3-5(2)7;;/h2-11,13-15H,1H3;1-10,12-13H;2*3,6H,1-2H3;;/q2*-1;;;;. The van der Waals surface area contributed by atoms with E-state index in [0.29, 0.717) is 5.69 Å². The van der Waals surface area contributed by atoms with E-state index < -0.39 is 11.6 Å². The van der Waals surface area contributed by atoms with Crippen LogP contribution >= 0.6 is 0 Å². The summed E-state index contributed by atoms with van der Waals surface area (Å²) >= 11 is 0. The zero-order valence-corrected chi connectivity index (χ0v) is 39.9. The Hall–Kier alpha value is -6.28. The number of carbonyl (C=O) groups is 2. The van der Waals surface area contributed by atoms with Crippen molar-refractivity contribution in [2.45, 2.75) is 34.6 Å². The van der Waals surface area contributed by atoms with E-state index in [4.69, 9.17) is 15.2 Å². The average molecular weight is 1200 g/mol. The molecule has 6 aromatic carbocycles. The topological polar surface area (TPSA) is 100 Å². The van der Waals surface area contributed by atoms with E-state index in [2.05, 4.69) is 78.6 Å². The van der Waals surface area contributed by atoms with Crippen LogP contribution in [0.1, 0.15) is 33.3 Å². The number of para-hydroxylation sites is 2. The molecule has 0 aliphatic rings. The first-order chi connectivity index (χ1) is 29.3. The van der Waals surface area contributed by atoms with Crippen LogP contribution < -0.4 is 0 Å². The third-order valence-electron chi connectivity index (χ3n) is 8.86. The van der Waals surface area contributed by atoms with Crippen molar-refractivity contribution < 1.29 is 68.8 Å². The predicted molar refractivity (Wildman–Crippen MR) is 242 cm³/mol. The molecule has 2 aromatic heterocycles. The number of allylic oxidation sites excluding steroid dienone is 4. The van der Waals surface area contributed by atoms with E-state index in [1.165, 1.54) is 61.9 Å². The largest absolute Gasteiger partial charge is 0.512 e. The Bertz CT molecular complexity index is 2810. The fraction of sp³-hybridized carbons (Fsp3) is 0.0943. The summed E-state index contributed by atoms with van der Waals surface area (Å²) in [5, 5.41) is 18.9. The van der Waals surface area contributed by atoms with Crippen LogP contribution in [0.2, 0.25) is 0 Å². The molecule has 6 nitrogen and oxygen atoms in total. The summed E-state index contributed by atoms with van der Waals surface area (Å²) < 4.78 is 27.3. The van der Waals surface area contributed by atoms with Gasteiger partial charge >= 0.3 is 0 Å². The van der Waals surface area contributed by atoms with E-state index in [1.54, 1.807) is 0 Å². The molecule has 0 bridgehead atoms. The van der Waals surface area contributed by atoms with Gasteiger partial charge < -0.3 is 10.2 Å². The Morgan fingerprint density at radius 2 is 0.984 bits per heavy atom. The number of halogens is 2. The number of hydrogen-bond acceptors (Lipinski definition) is 6. The summed E-state index contributed by atoms with van der Waals surface area (Å²) in [5.74, 6) is -1.45. The number of aromatic nitrogens is 2. The van der Waals surface area contributed by atoms with Gasteiger partial charge in [-0.15, -0.1) is 47.5 Å². The number of pyridine rings is 2. The van der Waals surface area contributed by atoms with Crippen LogP contribution in [0.4, 0.5) is 8.78 Å². The second kappa shape index (κ2) is 25.0. The number of aliphatic hydroxyl groups excluding tert-OH is 2. The number of benzene rings is 6. The molecule has 0 saturated carbocycles. The van der Waals surface area contributed by atoms with Crippen molar-refractivity contribution in [3.05, 3.63) is 205 Å². The molecule has 324 valence electrons. The van der Waals surface area contributed by atoms with Crippen molar-refractivity contribution in [3.63, 3.8) is 0 Å². The number of ketones is 2. The molecular formula is C53H44F2Ir2N2O4-2. The fourth-order valence-corrected chi connectivity index (χ4v) is 6.35. The van der Waals surface area contributed by atoms with Gasteiger partial charge in [-0.2, -0.15) is 0 Å². The number of aliphatic hydroxyl groups is 2. The maximum atomic E-state index is 14.2. The quantitative estimate of drug-likeness (QED) is 0.0977. The Labute approximate surface area is 393 Å². The molecule has 2 radical (unpaired) electrons. The summed E-state index contributed by atoms with van der Waals surface area (Å²) in [4.78, 5) is 29.4. The van der Waals surface area contributed by atoms with Crippen LogP contribution in [0, 0.1) is 30.7 Å². The maximum absolute atomic E-state index is 14.2. The molecule has 0 saturated heterocycles. The fourth-order valence-electron chi connectivity index (χ4n) is 6.35. The number of hydrogen-bond donors (Lipinski definition) is 2. The van der Waals surface area contributed by atoms with E-state index in [-0.39, 0.29) is 68.9 Å². The SMILES string of the molecule is CC(=O)C=C(C)O.CC(=O)C=C(C)O.Cc1ccc[c-]c1-c1cc(-c2ccccc2)c2ccccc2n1.Fc1c[c-]c(-c2cc(-c3ccccc3)c3ccccc3n2)c(F)c1.[Ir].[Ir]. The third kappa shape index (κ3) is 14.9. The minimum Gasteiger partial charge on any atom is -0.512 e. The minimum atomic E-state index is -0.670. The number of aryl methyl sites for hydroxylation is 1. The van der Waals surface area contributed by atoms with E-state index >= 15 is 0 Å². The number of nitrogens with zero attached hydrogens (tertiary/aromatic N) is 2. The second-order valence-electron chi connectivity index (χ2n) is 13.9. The van der Waals surface area contributed by atoms with Gasteiger partial charge in [-0.05, 0) is 73.5 Å². The van der Waals surface area contributed by atoms with Crippen LogP contribution in [-0.4, -0.2) is 31.7 Å². The molecule has 8 aromatic rings. The molecule has 0 unspecified atom stereocenters. The summed E-state index contributed by atoms with van der Waals surface area (Å²) in [7, 11) is 0. The molecule has 0 aliphatic carbocycles. The van der Waals surface area contributed by atoms with Gasteiger partial charge in [-0.3, -0.25) is 28.3 Å². The van der Waals surface area contributed by atoms with Crippen molar-refractivity contribution in [2.24, 2.45) is 0 Å². The Kier molecular flexibility index (Phi) is 20.3. The molecule has 63 heavy (non-hydrogen) atoms. The van der Waals surface area contributed by atoms with Crippen molar-refractivity contribution in [2.75, 3.05) is 0 Å². The van der Waals surface area contributed by atoms with E-state index in [0.717, 1.165) is 50.9 Å². The smallest absolute Gasteiger partial charge is 0.155 e. The van der Waals surface area contributed by atoms with Crippen molar-refractivity contribution in [1.29, 1.82) is 0 Å². The Balaban J connectivity index is 0.000000253. The van der Waals surface area contributed by atoms with Crippen LogP contribution in [0.25, 0.3) is 66.6 Å². The zero-order valence-electron chi connectivity index (χ0n) is 35.1. The van der Waals surface area contributed by atoms with Gasteiger partial charge in [0.25, 0.3) is 0 Å². The summed E-state index contributed by atoms with van der Waals surface area (Å²) in [5.41, 5.74) is 9.98. The maximum Gasteiger partial charge on any atom is 0.155 e. The second-order valence-corrected chi connectivity index (χ2v) is 13.9. The molecule has 2 heterocycles. The first-order valence-electron chi connectivity index (χ1n) is 19.3. The van der Waals surface area contributed by atoms with Crippen LogP contribution in [-0.2, 0) is 49.8 Å². The molecular weight excluding hydrogens is 1150 g/mol. The first kappa shape index (κ1) is 51.1. The predicted octanol–water partition coefficient (Wildman–Crippen LogP) is 13.4. The molecule has 0 aliphatic heterocycles. The molecule has 2 N–H and O–H groups in total. The van der Waals surface area contributed by atoms with Crippen LogP contribution in [0.3, 0.4) is 0 Å². The summed E-state index contributed by atoms with van der Waals surface area (Å²) in [6.45, 7) is 7.80. The molecule has 0 fully saturated rings. The average Bonchev–Trinajstić information content (AvgIpc) is 3.23. The Morgan fingerprint density at radius 1 is 0.556 bits per heavy atom. The molecule has 0 amide bonds. The third-order valence-corrected chi connectivity index (χ3v) is 8.86. The van der Waals surface area contributed by atoms with Gasteiger partial charge in [-0.1, -0.05) is 128 Å². The Morgan fingerprint density at radius 3 is 1.38 bits per heavy atom. The monoisotopic (exact) mass is 1200 g/mol. The summed E-state index contributed by atoms with van der Waals surface area (Å²) in [6, 6.07) is 54.4. The number of fused-ring (bicyclic) bond motifs is 2. The van der Waals surface area contributed by atoms with Gasteiger partial charge in [0.2, 0.25) is 0 Å². The zero-order chi connectivity index (χ0) is 43.9. The first-order valence-corrected chi connectivity index (χ1v) is 19.3. The summed E-state index contributed by atoms with van der Waals surface area (Å²) in [6.07, 6.45) is 2.33. The number of carbonyl (C=O) groups excluding carboxylic acids is 2. The molecule has 0 spiro atoms.